The van der Waals surface area contributed by atoms with Crippen LogP contribution in [-0.4, -0.2) is 29.8 Å². The summed E-state index contributed by atoms with van der Waals surface area (Å²) < 4.78 is 0. The maximum absolute atomic E-state index is 11.6. The Balaban J connectivity index is 1.86. The zero-order valence-electron chi connectivity index (χ0n) is 12.0. The first-order chi connectivity index (χ1) is 9.58. The molecule has 1 aliphatic carbocycles. The van der Waals surface area contributed by atoms with Gasteiger partial charge in [-0.2, -0.15) is 0 Å². The van der Waals surface area contributed by atoms with E-state index in [2.05, 4.69) is 16.0 Å². The van der Waals surface area contributed by atoms with Crippen molar-refractivity contribution in [2.75, 3.05) is 11.9 Å². The van der Waals surface area contributed by atoms with E-state index in [-0.39, 0.29) is 24.7 Å². The van der Waals surface area contributed by atoms with Gasteiger partial charge >= 0.3 is 6.03 Å². The highest BCUT2D eigenvalue weighted by atomic mass is 16.3. The van der Waals surface area contributed by atoms with E-state index in [0.29, 0.717) is 6.04 Å². The molecule has 2 rings (SSSR count). The predicted octanol–water partition coefficient (Wildman–Crippen LogP) is 2.00. The third kappa shape index (κ3) is 4.51. The predicted molar refractivity (Wildman–Crippen MR) is 79.7 cm³/mol. The number of carbonyl (C=O) groups is 1. The fraction of sp³-hybridized carbons (Fsp3) is 0.533. The number of hydrogen-bond donors (Lipinski definition) is 4. The van der Waals surface area contributed by atoms with Crippen molar-refractivity contribution in [1.29, 1.82) is 0 Å². The molecule has 1 fully saturated rings. The second kappa shape index (κ2) is 6.72. The summed E-state index contributed by atoms with van der Waals surface area (Å²) in [5.74, 6) is 0. The van der Waals surface area contributed by atoms with Crippen molar-refractivity contribution in [3.63, 3.8) is 0 Å². The second-order valence-corrected chi connectivity index (χ2v) is 5.47. The van der Waals surface area contributed by atoms with Crippen LogP contribution in [0.4, 0.5) is 10.5 Å². The van der Waals surface area contributed by atoms with Crippen LogP contribution in [0.15, 0.2) is 24.3 Å². The lowest BCUT2D eigenvalue weighted by Gasteiger charge is -2.19. The molecule has 20 heavy (non-hydrogen) atoms. The van der Waals surface area contributed by atoms with Gasteiger partial charge < -0.3 is 21.1 Å². The Morgan fingerprint density at radius 3 is 2.50 bits per heavy atom. The summed E-state index contributed by atoms with van der Waals surface area (Å²) in [6.45, 7) is 4.11. The van der Waals surface area contributed by atoms with Crippen LogP contribution in [0, 0.1) is 0 Å². The average Bonchev–Trinajstić information content (AvgIpc) is 3.23. The first kappa shape index (κ1) is 14.8. The SMILES string of the molecule is CC(CO)NC(C)c1ccc(NC(=O)NC2CC2)cc1. The minimum absolute atomic E-state index is 0.0621. The zero-order chi connectivity index (χ0) is 14.5. The molecule has 5 heteroatoms. The van der Waals surface area contributed by atoms with Gasteiger partial charge in [0.1, 0.15) is 0 Å². The monoisotopic (exact) mass is 277 g/mol. The maximum Gasteiger partial charge on any atom is 0.319 e. The van der Waals surface area contributed by atoms with Crippen LogP contribution in [-0.2, 0) is 0 Å². The van der Waals surface area contributed by atoms with E-state index in [1.54, 1.807) is 0 Å². The molecule has 4 N–H and O–H groups in total. The molecule has 110 valence electrons. The van der Waals surface area contributed by atoms with Crippen LogP contribution >= 0.6 is 0 Å². The Labute approximate surface area is 119 Å². The third-order valence-electron chi connectivity index (χ3n) is 3.39. The van der Waals surface area contributed by atoms with Crippen molar-refractivity contribution in [3.05, 3.63) is 29.8 Å². The smallest absolute Gasteiger partial charge is 0.319 e. The number of nitrogens with one attached hydrogen (secondary N) is 3. The first-order valence-corrected chi connectivity index (χ1v) is 7.13. The van der Waals surface area contributed by atoms with Crippen molar-refractivity contribution < 1.29 is 9.90 Å². The molecular weight excluding hydrogens is 254 g/mol. The fourth-order valence-corrected chi connectivity index (χ4v) is 2.01. The van der Waals surface area contributed by atoms with Gasteiger partial charge in [-0.25, -0.2) is 4.79 Å². The molecule has 0 heterocycles. The molecule has 0 radical (unpaired) electrons. The Hall–Kier alpha value is -1.59. The summed E-state index contributed by atoms with van der Waals surface area (Å²) in [6.07, 6.45) is 2.16. The maximum atomic E-state index is 11.6. The number of rotatable bonds is 6. The van der Waals surface area contributed by atoms with Crippen molar-refractivity contribution in [3.8, 4) is 0 Å². The molecule has 0 aromatic heterocycles. The molecule has 1 aromatic carbocycles. The van der Waals surface area contributed by atoms with E-state index < -0.39 is 0 Å². The average molecular weight is 277 g/mol. The molecule has 2 amide bonds. The first-order valence-electron chi connectivity index (χ1n) is 7.13. The Morgan fingerprint density at radius 2 is 1.95 bits per heavy atom. The number of anilines is 1. The van der Waals surface area contributed by atoms with Crippen molar-refractivity contribution in [1.82, 2.24) is 10.6 Å². The van der Waals surface area contributed by atoms with E-state index in [0.717, 1.165) is 24.1 Å². The van der Waals surface area contributed by atoms with Gasteiger partial charge in [0.05, 0.1) is 6.61 Å². The summed E-state index contributed by atoms with van der Waals surface area (Å²) in [5.41, 5.74) is 1.91. The molecule has 0 aliphatic heterocycles. The van der Waals surface area contributed by atoms with E-state index in [1.165, 1.54) is 0 Å². The number of aliphatic hydroxyl groups is 1. The van der Waals surface area contributed by atoms with Gasteiger partial charge in [-0.05, 0) is 44.4 Å². The summed E-state index contributed by atoms with van der Waals surface area (Å²) in [6, 6.07) is 8.19. The topological polar surface area (TPSA) is 73.4 Å². The van der Waals surface area contributed by atoms with E-state index in [4.69, 9.17) is 5.11 Å². The van der Waals surface area contributed by atoms with Gasteiger partial charge in [0.2, 0.25) is 0 Å². The van der Waals surface area contributed by atoms with Gasteiger partial charge in [0, 0.05) is 23.8 Å². The van der Waals surface area contributed by atoms with Gasteiger partial charge in [-0.15, -0.1) is 0 Å². The minimum Gasteiger partial charge on any atom is -0.395 e. The molecule has 1 aromatic rings. The van der Waals surface area contributed by atoms with Gasteiger partial charge in [0.25, 0.3) is 0 Å². The van der Waals surface area contributed by atoms with Crippen molar-refractivity contribution in [2.24, 2.45) is 0 Å². The summed E-state index contributed by atoms with van der Waals surface area (Å²) >= 11 is 0. The summed E-state index contributed by atoms with van der Waals surface area (Å²) in [4.78, 5) is 11.6. The lowest BCUT2D eigenvalue weighted by molar-refractivity contribution is 0.243. The lowest BCUT2D eigenvalue weighted by Crippen LogP contribution is -2.31. The van der Waals surface area contributed by atoms with Crippen LogP contribution in [0.5, 0.6) is 0 Å². The van der Waals surface area contributed by atoms with Gasteiger partial charge in [-0.1, -0.05) is 12.1 Å². The highest BCUT2D eigenvalue weighted by Crippen LogP contribution is 2.19. The molecule has 2 unspecified atom stereocenters. The lowest BCUT2D eigenvalue weighted by atomic mass is 10.1. The second-order valence-electron chi connectivity index (χ2n) is 5.47. The molecule has 1 aliphatic rings. The number of benzene rings is 1. The molecule has 5 nitrogen and oxygen atoms in total. The van der Waals surface area contributed by atoms with Gasteiger partial charge in [-0.3, -0.25) is 0 Å². The molecule has 1 saturated carbocycles. The fourth-order valence-electron chi connectivity index (χ4n) is 2.01. The van der Waals surface area contributed by atoms with Gasteiger partial charge in [0.15, 0.2) is 0 Å². The number of hydrogen-bond acceptors (Lipinski definition) is 3. The Bertz CT molecular complexity index is 443. The Morgan fingerprint density at radius 1 is 1.30 bits per heavy atom. The van der Waals surface area contributed by atoms with Crippen LogP contribution < -0.4 is 16.0 Å². The number of carbonyl (C=O) groups excluding carboxylic acids is 1. The minimum atomic E-state index is -0.139. The van der Waals surface area contributed by atoms with Crippen LogP contribution in [0.1, 0.15) is 38.3 Å². The number of urea groups is 1. The molecule has 0 spiro atoms. The quantitative estimate of drug-likeness (QED) is 0.642. The Kier molecular flexibility index (Phi) is 4.98. The summed E-state index contributed by atoms with van der Waals surface area (Å²) in [7, 11) is 0. The molecular formula is C15H23N3O2. The third-order valence-corrected chi connectivity index (χ3v) is 3.39. The van der Waals surface area contributed by atoms with E-state index in [1.807, 2.05) is 38.1 Å². The van der Waals surface area contributed by atoms with Crippen LogP contribution in [0.2, 0.25) is 0 Å². The van der Waals surface area contributed by atoms with E-state index >= 15 is 0 Å². The van der Waals surface area contributed by atoms with E-state index in [9.17, 15) is 4.79 Å². The van der Waals surface area contributed by atoms with Crippen LogP contribution in [0.25, 0.3) is 0 Å². The van der Waals surface area contributed by atoms with Crippen molar-refractivity contribution >= 4 is 11.7 Å². The standard InChI is InChI=1S/C15H23N3O2/c1-10(9-19)16-11(2)12-3-5-13(6-4-12)17-15(20)18-14-7-8-14/h3-6,10-11,14,16,19H,7-9H2,1-2H3,(H2,17,18,20). The molecule has 2 atom stereocenters. The summed E-state index contributed by atoms with van der Waals surface area (Å²) in [5, 5.41) is 18.0. The normalized spacial score (nSPS) is 17.4. The number of amides is 2. The largest absolute Gasteiger partial charge is 0.395 e. The number of aliphatic hydroxyl groups excluding tert-OH is 1. The molecule has 0 bridgehead atoms. The highest BCUT2D eigenvalue weighted by Gasteiger charge is 2.23. The van der Waals surface area contributed by atoms with Crippen molar-refractivity contribution in [2.45, 2.75) is 44.8 Å². The molecule has 0 saturated heterocycles. The zero-order valence-corrected chi connectivity index (χ0v) is 12.0. The highest BCUT2D eigenvalue weighted by molar-refractivity contribution is 5.89. The van der Waals surface area contributed by atoms with Crippen LogP contribution in [0.3, 0.4) is 0 Å².